The Morgan fingerprint density at radius 2 is 1.50 bits per heavy atom. The van der Waals surface area contributed by atoms with Gasteiger partial charge in [-0.15, -0.1) is 6.92 Å². The fourth-order valence-corrected chi connectivity index (χ4v) is 10.9. The molecule has 1 fully saturated rings. The van der Waals surface area contributed by atoms with E-state index in [0.717, 1.165) is 5.54 Å². The summed E-state index contributed by atoms with van der Waals surface area (Å²) in [5.74, 6) is 0. The van der Waals surface area contributed by atoms with E-state index in [-0.39, 0.29) is 41.6 Å². The molecule has 1 saturated carbocycles. The smallest absolute Gasteiger partial charge is 0.358 e. The van der Waals surface area contributed by atoms with Crippen LogP contribution in [0.4, 0.5) is 0 Å². The molecule has 3 rings (SSSR count). The molecule has 2 unspecified atom stereocenters. The Kier molecular flexibility index (Phi) is 9.58. The molecule has 141 valence electrons. The largest absolute Gasteiger partial charge is 3.00 e. The Morgan fingerprint density at radius 1 is 0.962 bits per heavy atom. The third-order valence-corrected chi connectivity index (χ3v) is 13.5. The first-order valence-electron chi connectivity index (χ1n) is 9.27. The maximum absolute atomic E-state index is 3.97. The molecular weight excluding hydrogens is 364 g/mol. The minimum Gasteiger partial charge on any atom is -0.358 e. The first-order valence-corrected chi connectivity index (χ1v) is 11.8. The molecule has 26 heavy (non-hydrogen) atoms. The van der Waals surface area contributed by atoms with Crippen LogP contribution in [-0.4, -0.2) is 8.07 Å². The quantitative estimate of drug-likeness (QED) is 0.375. The number of hydrogen-bond acceptors (Lipinski definition) is 0. The summed E-state index contributed by atoms with van der Waals surface area (Å²) in [6.07, 6.45) is 11.1. The molecule has 2 heteroatoms. The standard InChI is InChI=1S/C22H31Si.2CH3.Ti/c1-17-16-22(4,19(3)18(17)2)23(5,20-12-8-6-9-13-20)21-14-10-7-11-15-21;;;/h6,8-9,12-13,21H,7,10-11,14-15H2,1-5H3;2*1H3;/q3*-1;+3. The molecule has 0 saturated heterocycles. The third kappa shape index (κ3) is 3.91. The molecule has 0 aromatic heterocycles. The second kappa shape index (κ2) is 9.71. The van der Waals surface area contributed by atoms with Gasteiger partial charge in [-0.05, 0) is 5.54 Å². The van der Waals surface area contributed by atoms with Gasteiger partial charge in [-0.25, -0.2) is 5.57 Å². The van der Waals surface area contributed by atoms with Crippen LogP contribution < -0.4 is 5.19 Å². The maximum atomic E-state index is 3.97. The molecule has 2 aliphatic rings. The van der Waals surface area contributed by atoms with Gasteiger partial charge in [0.15, 0.2) is 0 Å². The minimum absolute atomic E-state index is 0. The van der Waals surface area contributed by atoms with E-state index in [2.05, 4.69) is 70.6 Å². The first-order chi connectivity index (χ1) is 10.9. The van der Waals surface area contributed by atoms with Crippen LogP contribution >= 0.6 is 0 Å². The van der Waals surface area contributed by atoms with Gasteiger partial charge in [-0.3, -0.25) is 6.08 Å². The van der Waals surface area contributed by atoms with Gasteiger partial charge in [0.2, 0.25) is 0 Å². The number of benzene rings is 1. The van der Waals surface area contributed by atoms with Crippen molar-refractivity contribution in [3.8, 4) is 0 Å². The van der Waals surface area contributed by atoms with Crippen LogP contribution in [-0.2, 0) is 21.7 Å². The topological polar surface area (TPSA) is 0 Å². The van der Waals surface area contributed by atoms with Gasteiger partial charge < -0.3 is 14.9 Å². The van der Waals surface area contributed by atoms with Crippen molar-refractivity contribution in [1.82, 2.24) is 0 Å². The van der Waals surface area contributed by atoms with E-state index in [0.29, 0.717) is 0 Å². The summed E-state index contributed by atoms with van der Waals surface area (Å²) >= 11 is 0. The third-order valence-electron chi connectivity index (χ3n) is 7.15. The average molecular weight is 402 g/mol. The summed E-state index contributed by atoms with van der Waals surface area (Å²) in [6, 6.07) is 11.5. The molecule has 0 aliphatic heterocycles. The zero-order valence-corrected chi connectivity index (χ0v) is 20.6. The van der Waals surface area contributed by atoms with E-state index in [1.54, 1.807) is 10.8 Å². The van der Waals surface area contributed by atoms with Crippen LogP contribution in [0, 0.1) is 20.9 Å². The van der Waals surface area contributed by atoms with Crippen LogP contribution in [0.5, 0.6) is 0 Å². The van der Waals surface area contributed by atoms with Crippen LogP contribution in [0.25, 0.3) is 0 Å². The summed E-state index contributed by atoms with van der Waals surface area (Å²) in [4.78, 5) is 0. The molecule has 2 aliphatic carbocycles. The van der Waals surface area contributed by atoms with E-state index in [9.17, 15) is 0 Å². The van der Waals surface area contributed by atoms with Gasteiger partial charge in [-0.2, -0.15) is 11.1 Å². The molecule has 0 heterocycles. The Balaban J connectivity index is 0.00000208. The summed E-state index contributed by atoms with van der Waals surface area (Å²) < 4.78 is 0. The zero-order chi connectivity index (χ0) is 16.7. The van der Waals surface area contributed by atoms with Gasteiger partial charge in [0.1, 0.15) is 0 Å². The Hall–Kier alpha value is -0.369. The van der Waals surface area contributed by atoms with E-state index < -0.39 is 8.07 Å². The van der Waals surface area contributed by atoms with Crippen molar-refractivity contribution < 1.29 is 21.7 Å². The van der Waals surface area contributed by atoms with E-state index in [4.69, 9.17) is 0 Å². The van der Waals surface area contributed by atoms with Crippen LogP contribution in [0.15, 0.2) is 47.1 Å². The fourth-order valence-electron chi connectivity index (χ4n) is 5.14. The van der Waals surface area contributed by atoms with Crippen LogP contribution in [0.3, 0.4) is 0 Å². The van der Waals surface area contributed by atoms with E-state index in [1.165, 1.54) is 43.3 Å². The number of hydrogen-bond donors (Lipinski definition) is 0. The van der Waals surface area contributed by atoms with Gasteiger partial charge in [0.25, 0.3) is 0 Å². The van der Waals surface area contributed by atoms with Crippen LogP contribution in [0.1, 0.15) is 59.8 Å². The minimum atomic E-state index is -1.75. The molecule has 1 radical (unpaired) electrons. The average Bonchev–Trinajstić information content (AvgIpc) is 2.80. The van der Waals surface area contributed by atoms with Crippen molar-refractivity contribution in [3.63, 3.8) is 0 Å². The molecule has 0 amide bonds. The SMILES string of the molecule is CC1=[C-]C(C)([Si](C)(c2ccccc2)C2CCCCC2)C(C)=C1C.[CH3-].[CH3-].[Ti+3]. The maximum Gasteiger partial charge on any atom is 3.00 e. The van der Waals surface area contributed by atoms with E-state index >= 15 is 0 Å². The Bertz CT molecular complexity index is 639. The normalized spacial score (nSPS) is 25.3. The van der Waals surface area contributed by atoms with Crippen molar-refractivity contribution in [3.05, 3.63) is 68.0 Å². The molecular formula is C24H37SiTi. The Labute approximate surface area is 179 Å². The predicted molar refractivity (Wildman–Crippen MR) is 117 cm³/mol. The molecule has 2 atom stereocenters. The van der Waals surface area contributed by atoms with Crippen molar-refractivity contribution in [2.24, 2.45) is 0 Å². The molecule has 1 aromatic carbocycles. The summed E-state index contributed by atoms with van der Waals surface area (Å²) in [5, 5.41) is 1.77. The van der Waals surface area contributed by atoms with E-state index in [1.807, 2.05) is 0 Å². The van der Waals surface area contributed by atoms with Crippen molar-refractivity contribution >= 4 is 13.3 Å². The summed E-state index contributed by atoms with van der Waals surface area (Å²) in [5.41, 5.74) is 5.33. The van der Waals surface area contributed by atoms with Gasteiger partial charge >= 0.3 is 21.7 Å². The molecule has 0 nitrogen and oxygen atoms in total. The monoisotopic (exact) mass is 401 g/mol. The van der Waals surface area contributed by atoms with Gasteiger partial charge in [0, 0.05) is 0 Å². The first kappa shape index (κ1) is 25.6. The number of allylic oxidation sites excluding steroid dienone is 4. The van der Waals surface area contributed by atoms with Crippen molar-refractivity contribution in [1.29, 1.82) is 0 Å². The summed E-state index contributed by atoms with van der Waals surface area (Å²) in [6.45, 7) is 12.1. The fraction of sp³-hybridized carbons (Fsp3) is 0.500. The number of rotatable bonds is 3. The molecule has 0 spiro atoms. The van der Waals surface area contributed by atoms with Crippen molar-refractivity contribution in [2.45, 2.75) is 76.9 Å². The molecule has 0 N–H and O–H groups in total. The predicted octanol–water partition coefficient (Wildman–Crippen LogP) is 7.06. The van der Waals surface area contributed by atoms with Crippen molar-refractivity contribution in [2.75, 3.05) is 0 Å². The summed E-state index contributed by atoms with van der Waals surface area (Å²) in [7, 11) is -1.75. The molecule has 1 aromatic rings. The van der Waals surface area contributed by atoms with Gasteiger partial charge in [-0.1, -0.05) is 100.0 Å². The second-order valence-corrected chi connectivity index (χ2v) is 12.8. The van der Waals surface area contributed by atoms with Crippen LogP contribution in [0.2, 0.25) is 17.1 Å². The second-order valence-electron chi connectivity index (χ2n) is 8.03. The van der Waals surface area contributed by atoms with Gasteiger partial charge in [0.05, 0.1) is 8.07 Å². The Morgan fingerprint density at radius 3 is 1.96 bits per heavy atom. The molecule has 0 bridgehead atoms. The zero-order valence-electron chi connectivity index (χ0n) is 18.0.